The van der Waals surface area contributed by atoms with E-state index in [1.807, 2.05) is 0 Å². The van der Waals surface area contributed by atoms with Gasteiger partial charge in [-0.15, -0.1) is 0 Å². The molecule has 0 radical (unpaired) electrons. The Hall–Kier alpha value is -2.03. The van der Waals surface area contributed by atoms with Gasteiger partial charge in [-0.05, 0) is 20.8 Å². The van der Waals surface area contributed by atoms with E-state index in [2.05, 4.69) is 0 Å². The van der Waals surface area contributed by atoms with Crippen molar-refractivity contribution >= 4 is 18.1 Å². The van der Waals surface area contributed by atoms with Crippen LogP contribution in [0.2, 0.25) is 0 Å². The molecular weight excluding hydrogens is 318 g/mol. The van der Waals surface area contributed by atoms with Crippen LogP contribution in [0, 0.1) is 0 Å². The number of carbonyl (C=O) groups is 3. The van der Waals surface area contributed by atoms with Gasteiger partial charge in [-0.3, -0.25) is 4.90 Å². The molecule has 0 aliphatic carbocycles. The van der Waals surface area contributed by atoms with E-state index in [4.69, 9.17) is 9.47 Å². The zero-order valence-electron chi connectivity index (χ0n) is 14.4. The van der Waals surface area contributed by atoms with Crippen molar-refractivity contribution < 1.29 is 29.0 Å². The highest BCUT2D eigenvalue weighted by Crippen LogP contribution is 2.17. The number of hydrogen-bond donors (Lipinski definition) is 1. The molecule has 0 spiro atoms. The highest BCUT2D eigenvalue weighted by atomic mass is 16.6. The summed E-state index contributed by atoms with van der Waals surface area (Å²) < 4.78 is 10.5. The molecule has 3 amide bonds. The Bertz CT molecular complexity index is 498. The quantitative estimate of drug-likeness (QED) is 0.742. The summed E-state index contributed by atoms with van der Waals surface area (Å²) in [4.78, 5) is 40.6. The highest BCUT2D eigenvalue weighted by molar-refractivity contribution is 5.82. The summed E-state index contributed by atoms with van der Waals surface area (Å²) in [5, 5.41) is 9.44. The maximum atomic E-state index is 12.5. The lowest BCUT2D eigenvalue weighted by molar-refractivity contribution is -0.145. The Kier molecular flexibility index (Phi) is 5.53. The summed E-state index contributed by atoms with van der Waals surface area (Å²) >= 11 is 0. The molecule has 2 aliphatic heterocycles. The van der Waals surface area contributed by atoms with E-state index >= 15 is 0 Å². The van der Waals surface area contributed by atoms with Gasteiger partial charge < -0.3 is 24.4 Å². The molecule has 1 atom stereocenters. The first-order valence-electron chi connectivity index (χ1n) is 8.03. The molecule has 136 valence electrons. The normalized spacial score (nSPS) is 22.3. The van der Waals surface area contributed by atoms with Gasteiger partial charge in [-0.1, -0.05) is 0 Å². The smallest absolute Gasteiger partial charge is 0.411 e. The van der Waals surface area contributed by atoms with Crippen LogP contribution in [-0.4, -0.2) is 95.5 Å². The topological polar surface area (TPSA) is 99.6 Å². The van der Waals surface area contributed by atoms with E-state index in [-0.39, 0.29) is 25.7 Å². The molecule has 0 aromatic carbocycles. The summed E-state index contributed by atoms with van der Waals surface area (Å²) in [7, 11) is 0. The van der Waals surface area contributed by atoms with Gasteiger partial charge in [0, 0.05) is 26.2 Å². The number of amides is 3. The lowest BCUT2D eigenvalue weighted by Gasteiger charge is -2.41. The maximum Gasteiger partial charge on any atom is 0.411 e. The van der Waals surface area contributed by atoms with Gasteiger partial charge in [0.05, 0.1) is 19.8 Å². The summed E-state index contributed by atoms with van der Waals surface area (Å²) in [6, 6.07) is -1.33. The van der Waals surface area contributed by atoms with Crippen LogP contribution in [0.4, 0.5) is 9.59 Å². The molecule has 0 aromatic rings. The molecule has 2 rings (SSSR count). The van der Waals surface area contributed by atoms with Gasteiger partial charge in [0.25, 0.3) is 0 Å². The Labute approximate surface area is 141 Å². The molecule has 2 fully saturated rings. The number of ether oxygens (including phenoxy) is 2. The lowest BCUT2D eigenvalue weighted by atomic mass is 10.1. The van der Waals surface area contributed by atoms with Crippen LogP contribution >= 0.6 is 0 Å². The second kappa shape index (κ2) is 7.25. The largest absolute Gasteiger partial charge is 0.480 e. The van der Waals surface area contributed by atoms with Crippen molar-refractivity contribution in [1.29, 1.82) is 0 Å². The molecule has 1 unspecified atom stereocenters. The average Bonchev–Trinajstić information content (AvgIpc) is 2.52. The Morgan fingerprint density at radius 1 is 1.04 bits per heavy atom. The fourth-order valence-electron chi connectivity index (χ4n) is 2.66. The van der Waals surface area contributed by atoms with Gasteiger partial charge in [0.15, 0.2) is 6.04 Å². The first-order chi connectivity index (χ1) is 11.2. The maximum absolute atomic E-state index is 12.5. The number of carboxylic acids is 1. The standard InChI is InChI=1S/C15H25N3O6/c1-15(2,3)24-14(22)18-5-4-17(10-11(18)12(19)20)13(21)16-6-8-23-9-7-16/h11H,4-10H2,1-3H3,(H,19,20). The second-order valence-electron chi connectivity index (χ2n) is 6.86. The summed E-state index contributed by atoms with van der Waals surface area (Å²) in [5.41, 5.74) is -0.707. The predicted molar refractivity (Wildman–Crippen MR) is 83.7 cm³/mol. The molecule has 9 nitrogen and oxygen atoms in total. The lowest BCUT2D eigenvalue weighted by Crippen LogP contribution is -2.62. The SMILES string of the molecule is CC(C)(C)OC(=O)N1CCN(C(=O)N2CCOCC2)CC1C(=O)O. The number of urea groups is 1. The number of rotatable bonds is 1. The van der Waals surface area contributed by atoms with Gasteiger partial charge in [-0.25, -0.2) is 14.4 Å². The van der Waals surface area contributed by atoms with Crippen LogP contribution in [-0.2, 0) is 14.3 Å². The molecule has 2 heterocycles. The van der Waals surface area contributed by atoms with Crippen molar-refractivity contribution in [2.75, 3.05) is 45.9 Å². The fourth-order valence-corrected chi connectivity index (χ4v) is 2.66. The molecule has 2 aliphatic rings. The van der Waals surface area contributed by atoms with Crippen molar-refractivity contribution in [3.63, 3.8) is 0 Å². The fraction of sp³-hybridized carbons (Fsp3) is 0.800. The molecule has 24 heavy (non-hydrogen) atoms. The number of nitrogens with zero attached hydrogens (tertiary/aromatic N) is 3. The number of carboxylic acid groups (broad SMARTS) is 1. The van der Waals surface area contributed by atoms with E-state index < -0.39 is 23.7 Å². The van der Waals surface area contributed by atoms with Crippen LogP contribution in [0.3, 0.4) is 0 Å². The summed E-state index contributed by atoms with van der Waals surface area (Å²) in [6.07, 6.45) is -0.673. The van der Waals surface area contributed by atoms with Crippen molar-refractivity contribution in [3.8, 4) is 0 Å². The number of aliphatic carboxylic acids is 1. The van der Waals surface area contributed by atoms with Crippen LogP contribution in [0.5, 0.6) is 0 Å². The van der Waals surface area contributed by atoms with Crippen molar-refractivity contribution in [1.82, 2.24) is 14.7 Å². The molecular formula is C15H25N3O6. The Morgan fingerprint density at radius 2 is 1.67 bits per heavy atom. The summed E-state index contributed by atoms with van der Waals surface area (Å²) in [5.74, 6) is -1.15. The minimum absolute atomic E-state index is 0.0508. The van der Waals surface area contributed by atoms with E-state index in [1.165, 1.54) is 9.80 Å². The number of carbonyl (C=O) groups excluding carboxylic acids is 2. The molecule has 0 saturated carbocycles. The molecule has 9 heteroatoms. The first kappa shape index (κ1) is 18.3. The van der Waals surface area contributed by atoms with Crippen LogP contribution < -0.4 is 0 Å². The minimum Gasteiger partial charge on any atom is -0.480 e. The molecule has 1 N–H and O–H groups in total. The highest BCUT2D eigenvalue weighted by Gasteiger charge is 2.40. The molecule has 0 bridgehead atoms. The zero-order valence-corrected chi connectivity index (χ0v) is 14.4. The third kappa shape index (κ3) is 4.50. The van der Waals surface area contributed by atoms with Crippen molar-refractivity contribution in [3.05, 3.63) is 0 Å². The first-order valence-corrected chi connectivity index (χ1v) is 8.03. The van der Waals surface area contributed by atoms with Gasteiger partial charge in [0.2, 0.25) is 0 Å². The predicted octanol–water partition coefficient (Wildman–Crippen LogP) is 0.445. The van der Waals surface area contributed by atoms with Crippen molar-refractivity contribution in [2.24, 2.45) is 0 Å². The van der Waals surface area contributed by atoms with E-state index in [9.17, 15) is 19.5 Å². The van der Waals surface area contributed by atoms with Gasteiger partial charge >= 0.3 is 18.1 Å². The molecule has 2 saturated heterocycles. The van der Waals surface area contributed by atoms with Crippen molar-refractivity contribution in [2.45, 2.75) is 32.4 Å². The Morgan fingerprint density at radius 3 is 2.21 bits per heavy atom. The average molecular weight is 343 g/mol. The monoisotopic (exact) mass is 343 g/mol. The third-order valence-electron chi connectivity index (χ3n) is 3.85. The van der Waals surface area contributed by atoms with E-state index in [0.29, 0.717) is 26.3 Å². The number of hydrogen-bond acceptors (Lipinski definition) is 5. The van der Waals surface area contributed by atoms with E-state index in [1.54, 1.807) is 25.7 Å². The van der Waals surface area contributed by atoms with E-state index in [0.717, 1.165) is 0 Å². The number of morpholine rings is 1. The molecule has 0 aromatic heterocycles. The van der Waals surface area contributed by atoms with Gasteiger partial charge in [-0.2, -0.15) is 0 Å². The minimum atomic E-state index is -1.15. The zero-order chi connectivity index (χ0) is 17.9. The van der Waals surface area contributed by atoms with Crippen LogP contribution in [0.25, 0.3) is 0 Å². The van der Waals surface area contributed by atoms with Crippen LogP contribution in [0.1, 0.15) is 20.8 Å². The number of piperazine rings is 1. The second-order valence-corrected chi connectivity index (χ2v) is 6.86. The Balaban J connectivity index is 2.03. The summed E-state index contributed by atoms with van der Waals surface area (Å²) in [6.45, 7) is 7.45. The van der Waals surface area contributed by atoms with Gasteiger partial charge in [0.1, 0.15) is 5.60 Å². The third-order valence-corrected chi connectivity index (χ3v) is 3.85. The van der Waals surface area contributed by atoms with Crippen LogP contribution in [0.15, 0.2) is 0 Å².